The minimum atomic E-state index is -2.40. The molecule has 1 atom stereocenters. The lowest BCUT2D eigenvalue weighted by Gasteiger charge is -2.11. The third kappa shape index (κ3) is 2.51. The lowest BCUT2D eigenvalue weighted by molar-refractivity contribution is 0.278. The molecule has 1 aromatic rings. The first-order valence-electron chi connectivity index (χ1n) is 4.59. The normalized spacial score (nSPS) is 14.7. The molecule has 0 aliphatic rings. The Labute approximate surface area is 95.3 Å². The number of hydrogen-bond acceptors (Lipinski definition) is 3. The van der Waals surface area contributed by atoms with Gasteiger partial charge in [-0.25, -0.2) is 8.57 Å². The first kappa shape index (κ1) is 12.5. The van der Waals surface area contributed by atoms with Gasteiger partial charge in [-0.2, -0.15) is 0 Å². The second-order valence-electron chi connectivity index (χ2n) is 3.02. The molecule has 0 saturated carbocycles. The molecule has 15 heavy (non-hydrogen) atoms. The van der Waals surface area contributed by atoms with E-state index in [0.29, 0.717) is 21.2 Å². The zero-order valence-electron chi connectivity index (χ0n) is 8.74. The Bertz CT molecular complexity index is 464. The Balaban J connectivity index is 3.44. The summed E-state index contributed by atoms with van der Waals surface area (Å²) in [6, 6.07) is 4.96. The molecule has 1 N–H and O–H groups in total. The third-order valence-electron chi connectivity index (χ3n) is 2.22. The predicted octanol–water partition coefficient (Wildman–Crippen LogP) is 2.31. The Hall–Kier alpha value is -0.580. The highest BCUT2D eigenvalue weighted by atomic mass is 35.5. The van der Waals surface area contributed by atoms with Crippen LogP contribution in [0.3, 0.4) is 0 Å². The van der Waals surface area contributed by atoms with Gasteiger partial charge in [-0.1, -0.05) is 18.5 Å². The molecular formula is C10H14ClNO2S. The zero-order valence-corrected chi connectivity index (χ0v) is 10.3. The average Bonchev–Trinajstić information content (AvgIpc) is 2.27. The van der Waals surface area contributed by atoms with E-state index in [4.69, 9.17) is 11.6 Å². The molecule has 84 valence electrons. The highest BCUT2D eigenvalue weighted by molar-refractivity contribution is 7.93. The molecule has 1 aromatic carbocycles. The maximum absolute atomic E-state index is 12.3. The van der Waals surface area contributed by atoms with Gasteiger partial charge in [-0.3, -0.25) is 0 Å². The SMILES string of the molecule is CCS(=O)(=NC)c1ccc(Cl)cc1CO. The van der Waals surface area contributed by atoms with E-state index in [0.717, 1.165) is 0 Å². The quantitative estimate of drug-likeness (QED) is 0.891. The number of halogens is 1. The fourth-order valence-electron chi connectivity index (χ4n) is 1.37. The van der Waals surface area contributed by atoms with Crippen LogP contribution in [-0.4, -0.2) is 22.1 Å². The molecule has 0 fully saturated rings. The van der Waals surface area contributed by atoms with E-state index >= 15 is 0 Å². The van der Waals surface area contributed by atoms with Crippen molar-refractivity contribution in [3.8, 4) is 0 Å². The van der Waals surface area contributed by atoms with Crippen molar-refractivity contribution in [2.24, 2.45) is 4.36 Å². The van der Waals surface area contributed by atoms with Crippen LogP contribution in [0.2, 0.25) is 5.02 Å². The number of aliphatic hydroxyl groups is 1. The highest BCUT2D eigenvalue weighted by Gasteiger charge is 2.13. The van der Waals surface area contributed by atoms with Crippen molar-refractivity contribution in [3.63, 3.8) is 0 Å². The summed E-state index contributed by atoms with van der Waals surface area (Å²) >= 11 is 5.80. The van der Waals surface area contributed by atoms with Crippen molar-refractivity contribution in [2.45, 2.75) is 18.4 Å². The van der Waals surface area contributed by atoms with Crippen LogP contribution in [0.15, 0.2) is 27.5 Å². The van der Waals surface area contributed by atoms with Gasteiger partial charge in [0.25, 0.3) is 0 Å². The van der Waals surface area contributed by atoms with E-state index < -0.39 is 9.73 Å². The van der Waals surface area contributed by atoms with Crippen molar-refractivity contribution in [3.05, 3.63) is 28.8 Å². The first-order chi connectivity index (χ1) is 7.07. The molecule has 0 radical (unpaired) electrons. The highest BCUT2D eigenvalue weighted by Crippen LogP contribution is 2.22. The number of aliphatic hydroxyl groups excluding tert-OH is 1. The summed E-state index contributed by atoms with van der Waals surface area (Å²) in [5, 5.41) is 9.70. The maximum Gasteiger partial charge on any atom is 0.0750 e. The van der Waals surface area contributed by atoms with E-state index in [2.05, 4.69) is 4.36 Å². The van der Waals surface area contributed by atoms with Crippen LogP contribution in [0.5, 0.6) is 0 Å². The third-order valence-corrected chi connectivity index (χ3v) is 4.92. The Morgan fingerprint density at radius 2 is 2.20 bits per heavy atom. The maximum atomic E-state index is 12.3. The molecule has 1 rings (SSSR count). The molecule has 5 heteroatoms. The summed E-state index contributed by atoms with van der Waals surface area (Å²) in [6.45, 7) is 1.63. The van der Waals surface area contributed by atoms with Gasteiger partial charge in [-0.05, 0) is 23.8 Å². The van der Waals surface area contributed by atoms with Gasteiger partial charge >= 0.3 is 0 Å². The van der Waals surface area contributed by atoms with Crippen LogP contribution >= 0.6 is 11.6 Å². The number of rotatable bonds is 3. The second kappa shape index (κ2) is 4.96. The lowest BCUT2D eigenvalue weighted by atomic mass is 10.2. The summed E-state index contributed by atoms with van der Waals surface area (Å²) in [4.78, 5) is 0.583. The number of hydrogen-bond donors (Lipinski definition) is 1. The van der Waals surface area contributed by atoms with Crippen molar-refractivity contribution < 1.29 is 9.32 Å². The van der Waals surface area contributed by atoms with Gasteiger partial charge in [0.2, 0.25) is 0 Å². The molecule has 0 amide bonds. The predicted molar refractivity (Wildman–Crippen MR) is 62.7 cm³/mol. The van der Waals surface area contributed by atoms with Crippen LogP contribution in [-0.2, 0) is 16.3 Å². The topological polar surface area (TPSA) is 49.7 Å². The van der Waals surface area contributed by atoms with Gasteiger partial charge in [0, 0.05) is 17.8 Å². The lowest BCUT2D eigenvalue weighted by Crippen LogP contribution is -2.07. The standard InChI is InChI=1S/C10H14ClNO2S/c1-3-15(14,12-2)10-5-4-9(11)6-8(10)7-13/h4-6,13H,3,7H2,1-2H3. The molecule has 0 saturated heterocycles. The number of nitrogens with zero attached hydrogens (tertiary/aromatic N) is 1. The Morgan fingerprint density at radius 1 is 1.53 bits per heavy atom. The molecule has 0 aromatic heterocycles. The van der Waals surface area contributed by atoms with Gasteiger partial charge in [-0.15, -0.1) is 0 Å². The first-order valence-corrected chi connectivity index (χ1v) is 6.66. The van der Waals surface area contributed by atoms with Crippen molar-refractivity contribution in [2.75, 3.05) is 12.8 Å². The van der Waals surface area contributed by atoms with E-state index in [1.807, 2.05) is 6.92 Å². The van der Waals surface area contributed by atoms with E-state index in [-0.39, 0.29) is 6.61 Å². The summed E-state index contributed by atoms with van der Waals surface area (Å²) < 4.78 is 16.2. The largest absolute Gasteiger partial charge is 0.392 e. The summed E-state index contributed by atoms with van der Waals surface area (Å²) in [5.41, 5.74) is 0.583. The smallest absolute Gasteiger partial charge is 0.0750 e. The second-order valence-corrected chi connectivity index (χ2v) is 6.12. The van der Waals surface area contributed by atoms with Crippen molar-refractivity contribution in [1.82, 2.24) is 0 Å². The molecular weight excluding hydrogens is 234 g/mol. The average molecular weight is 248 g/mol. The molecule has 0 aliphatic heterocycles. The monoisotopic (exact) mass is 247 g/mol. The van der Waals surface area contributed by atoms with E-state index in [1.165, 1.54) is 7.05 Å². The van der Waals surface area contributed by atoms with E-state index in [1.54, 1.807) is 18.2 Å². The van der Waals surface area contributed by atoms with Crippen LogP contribution in [0.1, 0.15) is 12.5 Å². The molecule has 0 spiro atoms. The summed E-state index contributed by atoms with van der Waals surface area (Å²) in [5.74, 6) is 0.429. The van der Waals surface area contributed by atoms with Gasteiger partial charge < -0.3 is 5.11 Å². The minimum Gasteiger partial charge on any atom is -0.392 e. The van der Waals surface area contributed by atoms with Crippen LogP contribution in [0, 0.1) is 0 Å². The van der Waals surface area contributed by atoms with Crippen LogP contribution < -0.4 is 0 Å². The fraction of sp³-hybridized carbons (Fsp3) is 0.400. The fourth-order valence-corrected chi connectivity index (χ4v) is 3.14. The van der Waals surface area contributed by atoms with Crippen LogP contribution in [0.25, 0.3) is 0 Å². The van der Waals surface area contributed by atoms with E-state index in [9.17, 15) is 9.32 Å². The summed E-state index contributed by atoms with van der Waals surface area (Å²) in [7, 11) is -0.867. The minimum absolute atomic E-state index is 0.178. The zero-order chi connectivity index (χ0) is 11.5. The summed E-state index contributed by atoms with van der Waals surface area (Å²) in [6.07, 6.45) is 0. The Morgan fingerprint density at radius 3 is 2.67 bits per heavy atom. The molecule has 1 unspecified atom stereocenters. The van der Waals surface area contributed by atoms with Crippen LogP contribution in [0.4, 0.5) is 0 Å². The van der Waals surface area contributed by atoms with Crippen molar-refractivity contribution in [1.29, 1.82) is 0 Å². The van der Waals surface area contributed by atoms with Gasteiger partial charge in [0.05, 0.1) is 21.2 Å². The van der Waals surface area contributed by atoms with Gasteiger partial charge in [0.15, 0.2) is 0 Å². The van der Waals surface area contributed by atoms with Crippen molar-refractivity contribution >= 4 is 21.3 Å². The Kier molecular flexibility index (Phi) is 4.13. The molecule has 0 aliphatic carbocycles. The molecule has 0 heterocycles. The molecule has 3 nitrogen and oxygen atoms in total. The van der Waals surface area contributed by atoms with Gasteiger partial charge in [0.1, 0.15) is 0 Å². The molecule has 0 bridgehead atoms. The number of benzene rings is 1.